The molecule has 0 amide bonds. The van der Waals surface area contributed by atoms with Crippen LogP contribution in [0.3, 0.4) is 0 Å². The van der Waals surface area contributed by atoms with Crippen LogP contribution in [0.15, 0.2) is 126 Å². The van der Waals surface area contributed by atoms with Gasteiger partial charge in [0.1, 0.15) is 6.10 Å². The summed E-state index contributed by atoms with van der Waals surface area (Å²) in [5.41, 5.74) is 2.76. The van der Waals surface area contributed by atoms with E-state index in [1.165, 1.54) is 4.31 Å². The first-order valence-electron chi connectivity index (χ1n) is 11.5. The minimum Gasteiger partial charge on any atom is -0.389 e. The maximum absolute atomic E-state index is 13.4. The van der Waals surface area contributed by atoms with Gasteiger partial charge in [0, 0.05) is 13.1 Å². The minimum atomic E-state index is -3.82. The predicted molar refractivity (Wildman–Crippen MR) is 137 cm³/mol. The molecule has 0 aromatic heterocycles. The second-order valence-corrected chi connectivity index (χ2v) is 10.2. The van der Waals surface area contributed by atoms with Gasteiger partial charge in [0.15, 0.2) is 0 Å². The van der Waals surface area contributed by atoms with Gasteiger partial charge in [-0.3, -0.25) is 0 Å². The van der Waals surface area contributed by atoms with Crippen LogP contribution in [0.4, 0.5) is 0 Å². The van der Waals surface area contributed by atoms with Gasteiger partial charge in [-0.2, -0.15) is 4.31 Å². The quantitative estimate of drug-likeness (QED) is 0.322. The molecule has 0 bridgehead atoms. The summed E-state index contributed by atoms with van der Waals surface area (Å²) in [5, 5.41) is 10.9. The average molecular weight is 488 g/mol. The van der Waals surface area contributed by atoms with Crippen LogP contribution in [0.5, 0.6) is 0 Å². The molecule has 6 heteroatoms. The zero-order valence-electron chi connectivity index (χ0n) is 19.4. The van der Waals surface area contributed by atoms with Gasteiger partial charge in [-0.05, 0) is 28.8 Å². The van der Waals surface area contributed by atoms with E-state index in [0.717, 1.165) is 16.7 Å². The van der Waals surface area contributed by atoms with Crippen LogP contribution in [0.1, 0.15) is 22.8 Å². The van der Waals surface area contributed by atoms with Gasteiger partial charge in [0.2, 0.25) is 10.0 Å². The van der Waals surface area contributed by atoms with Gasteiger partial charge >= 0.3 is 0 Å². The highest BCUT2D eigenvalue weighted by atomic mass is 32.2. The molecule has 0 unspecified atom stereocenters. The molecule has 4 aromatic carbocycles. The summed E-state index contributed by atoms with van der Waals surface area (Å²) >= 11 is 0. The molecule has 0 aliphatic heterocycles. The Morgan fingerprint density at radius 2 is 1.14 bits per heavy atom. The Hall–Kier alpha value is -3.29. The standard InChI is InChI=1S/C29H29NO4S/c31-27(23-34-29(25-15-7-2-8-16-25)26-17-9-3-10-18-26)22-30(21-24-13-5-1-6-14-24)35(32,33)28-19-11-4-12-20-28/h1-20,27,29,31H,21-23H2/t27-/m0/s1. The van der Waals surface area contributed by atoms with Crippen molar-refractivity contribution in [3.8, 4) is 0 Å². The number of aliphatic hydroxyl groups is 1. The summed E-state index contributed by atoms with van der Waals surface area (Å²) in [5.74, 6) is 0. The molecule has 0 aliphatic rings. The molecule has 0 spiro atoms. The first kappa shape index (κ1) is 24.8. The highest BCUT2D eigenvalue weighted by molar-refractivity contribution is 7.89. The van der Waals surface area contributed by atoms with Crippen molar-refractivity contribution in [2.45, 2.75) is 23.6 Å². The Labute approximate surface area is 207 Å². The summed E-state index contributed by atoms with van der Waals surface area (Å²) in [6.07, 6.45) is -1.40. The van der Waals surface area contributed by atoms with Gasteiger partial charge < -0.3 is 9.84 Å². The van der Waals surface area contributed by atoms with Gasteiger partial charge in [-0.1, -0.05) is 109 Å². The van der Waals surface area contributed by atoms with Crippen molar-refractivity contribution in [3.05, 3.63) is 138 Å². The zero-order chi connectivity index (χ0) is 24.5. The number of benzene rings is 4. The van der Waals surface area contributed by atoms with E-state index in [4.69, 9.17) is 4.74 Å². The molecule has 1 N–H and O–H groups in total. The molecule has 5 nitrogen and oxygen atoms in total. The summed E-state index contributed by atoms with van der Waals surface area (Å²) in [7, 11) is -3.82. The fourth-order valence-corrected chi connectivity index (χ4v) is 5.40. The summed E-state index contributed by atoms with van der Waals surface area (Å²) in [6.45, 7) is 0.0302. The van der Waals surface area contributed by atoms with E-state index in [9.17, 15) is 13.5 Å². The molecule has 0 fully saturated rings. The molecular weight excluding hydrogens is 458 g/mol. The third kappa shape index (κ3) is 6.65. The predicted octanol–water partition coefficient (Wildman–Crippen LogP) is 5.04. The molecule has 4 aromatic rings. The number of nitrogens with zero attached hydrogens (tertiary/aromatic N) is 1. The lowest BCUT2D eigenvalue weighted by atomic mass is 10.0. The van der Waals surface area contributed by atoms with Crippen molar-refractivity contribution in [2.24, 2.45) is 0 Å². The largest absolute Gasteiger partial charge is 0.389 e. The SMILES string of the molecule is O=S(=O)(c1ccccc1)N(Cc1ccccc1)C[C@H](O)COC(c1ccccc1)c1ccccc1. The van der Waals surface area contributed by atoms with E-state index in [1.54, 1.807) is 30.3 Å². The second-order valence-electron chi connectivity index (χ2n) is 8.28. The molecule has 0 radical (unpaired) electrons. The van der Waals surface area contributed by atoms with Crippen LogP contribution < -0.4 is 0 Å². The minimum absolute atomic E-state index is 0.0238. The third-order valence-electron chi connectivity index (χ3n) is 5.66. The van der Waals surface area contributed by atoms with Gasteiger partial charge in [0.25, 0.3) is 0 Å². The number of ether oxygens (including phenoxy) is 1. The van der Waals surface area contributed by atoms with Crippen LogP contribution in [-0.4, -0.2) is 37.1 Å². The van der Waals surface area contributed by atoms with Crippen molar-refractivity contribution in [1.82, 2.24) is 4.31 Å². The van der Waals surface area contributed by atoms with Crippen LogP contribution in [0, 0.1) is 0 Å². The molecular formula is C29H29NO4S. The Bertz CT molecular complexity index is 1230. The van der Waals surface area contributed by atoms with Gasteiger partial charge in [-0.15, -0.1) is 0 Å². The number of sulfonamides is 1. The van der Waals surface area contributed by atoms with E-state index >= 15 is 0 Å². The lowest BCUT2D eigenvalue weighted by molar-refractivity contribution is -0.000778. The second kappa shape index (κ2) is 11.9. The molecule has 0 saturated heterocycles. The number of rotatable bonds is 11. The fraction of sp³-hybridized carbons (Fsp3) is 0.172. The lowest BCUT2D eigenvalue weighted by Crippen LogP contribution is -2.39. The maximum atomic E-state index is 13.4. The maximum Gasteiger partial charge on any atom is 0.243 e. The highest BCUT2D eigenvalue weighted by Crippen LogP contribution is 2.26. The smallest absolute Gasteiger partial charge is 0.243 e. The molecule has 0 aliphatic carbocycles. The Morgan fingerprint density at radius 3 is 1.66 bits per heavy atom. The van der Waals surface area contributed by atoms with Crippen LogP contribution >= 0.6 is 0 Å². The molecule has 180 valence electrons. The average Bonchev–Trinajstić information content (AvgIpc) is 2.91. The zero-order valence-corrected chi connectivity index (χ0v) is 20.2. The Morgan fingerprint density at radius 1 is 0.686 bits per heavy atom. The van der Waals surface area contributed by atoms with Crippen molar-refractivity contribution in [1.29, 1.82) is 0 Å². The third-order valence-corrected chi connectivity index (χ3v) is 7.48. The van der Waals surface area contributed by atoms with Crippen molar-refractivity contribution >= 4 is 10.0 Å². The molecule has 4 rings (SSSR count). The van der Waals surface area contributed by atoms with Crippen LogP contribution in [0.2, 0.25) is 0 Å². The Balaban J connectivity index is 1.52. The first-order valence-corrected chi connectivity index (χ1v) is 13.0. The monoisotopic (exact) mass is 487 g/mol. The number of hydrogen-bond donors (Lipinski definition) is 1. The molecule has 35 heavy (non-hydrogen) atoms. The summed E-state index contributed by atoms with van der Waals surface area (Å²) in [4.78, 5) is 0.190. The normalized spacial score (nSPS) is 12.7. The van der Waals surface area contributed by atoms with E-state index < -0.39 is 16.1 Å². The molecule has 0 saturated carbocycles. The van der Waals surface area contributed by atoms with E-state index in [2.05, 4.69) is 0 Å². The summed E-state index contributed by atoms with van der Waals surface area (Å²) < 4.78 is 34.3. The van der Waals surface area contributed by atoms with Crippen molar-refractivity contribution in [3.63, 3.8) is 0 Å². The molecule has 0 heterocycles. The van der Waals surface area contributed by atoms with E-state index in [0.29, 0.717) is 0 Å². The summed E-state index contributed by atoms with van der Waals surface area (Å²) in [6, 6.07) is 37.2. The first-order chi connectivity index (χ1) is 17.0. The topological polar surface area (TPSA) is 66.8 Å². The molecule has 1 atom stereocenters. The number of aliphatic hydroxyl groups excluding tert-OH is 1. The lowest BCUT2D eigenvalue weighted by Gasteiger charge is -2.26. The Kier molecular flexibility index (Phi) is 8.45. The van der Waals surface area contributed by atoms with Crippen molar-refractivity contribution in [2.75, 3.05) is 13.2 Å². The fourth-order valence-electron chi connectivity index (χ4n) is 3.91. The van der Waals surface area contributed by atoms with Crippen LogP contribution in [0.25, 0.3) is 0 Å². The van der Waals surface area contributed by atoms with Crippen molar-refractivity contribution < 1.29 is 18.3 Å². The van der Waals surface area contributed by atoms with Gasteiger partial charge in [-0.25, -0.2) is 8.42 Å². The van der Waals surface area contributed by atoms with Gasteiger partial charge in [0.05, 0.1) is 17.6 Å². The number of hydrogen-bond acceptors (Lipinski definition) is 4. The van der Waals surface area contributed by atoms with E-state index in [-0.39, 0.29) is 30.7 Å². The van der Waals surface area contributed by atoms with E-state index in [1.807, 2.05) is 91.0 Å². The highest BCUT2D eigenvalue weighted by Gasteiger charge is 2.27. The van der Waals surface area contributed by atoms with Crippen LogP contribution in [-0.2, 0) is 21.3 Å².